The van der Waals surface area contributed by atoms with Crippen molar-refractivity contribution < 1.29 is 27.2 Å². The molecule has 0 aliphatic rings. The first-order valence-electron chi connectivity index (χ1n) is 8.99. The molecule has 0 amide bonds. The molecule has 3 aromatic heterocycles. The number of methoxy groups -OCH3 is 3. The van der Waals surface area contributed by atoms with E-state index in [0.717, 1.165) is 5.56 Å². The number of hydrogen-bond donors (Lipinski definition) is 1. The third-order valence-corrected chi connectivity index (χ3v) is 5.89. The predicted octanol–water partition coefficient (Wildman–Crippen LogP) is 2.29. The van der Waals surface area contributed by atoms with Crippen LogP contribution in [0.25, 0.3) is 11.0 Å². The zero-order valence-corrected chi connectivity index (χ0v) is 17.7. The normalized spacial score (nSPS) is 11.5. The number of anilines is 1. The molecule has 162 valence electrons. The summed E-state index contributed by atoms with van der Waals surface area (Å²) in [4.78, 5) is 3.70. The van der Waals surface area contributed by atoms with Gasteiger partial charge in [-0.05, 0) is 23.8 Å². The zero-order valence-electron chi connectivity index (χ0n) is 16.9. The van der Waals surface area contributed by atoms with E-state index in [4.69, 9.17) is 18.7 Å². The standard InChI is InChI=1S/C19H19N5O6S/c1-27-13-7-12(11-24-6-4-5-21-24)8-14-17(13)19(22-30-14)23-31(25,26)18-15(28-2)9-20-10-16(18)29-3/h4-10H,11H2,1-3H3,(H,22,23). The number of hydrogen-bond acceptors (Lipinski definition) is 9. The number of rotatable bonds is 8. The molecule has 0 aliphatic heterocycles. The molecule has 0 spiro atoms. The maximum atomic E-state index is 13.1. The van der Waals surface area contributed by atoms with E-state index in [9.17, 15) is 8.42 Å². The SMILES string of the molecule is COc1cncc(OC)c1S(=O)(=O)Nc1noc2cc(Cn3cccn3)cc(OC)c12. The van der Waals surface area contributed by atoms with Crippen molar-refractivity contribution in [2.45, 2.75) is 11.4 Å². The van der Waals surface area contributed by atoms with Gasteiger partial charge >= 0.3 is 0 Å². The molecule has 1 N–H and O–H groups in total. The Bertz CT molecular complexity index is 1300. The van der Waals surface area contributed by atoms with Gasteiger partial charge in [0.2, 0.25) is 0 Å². The fourth-order valence-corrected chi connectivity index (χ4v) is 4.44. The summed E-state index contributed by atoms with van der Waals surface area (Å²) in [5, 5.41) is 8.45. The van der Waals surface area contributed by atoms with Gasteiger partial charge in [0.1, 0.15) is 11.1 Å². The summed E-state index contributed by atoms with van der Waals surface area (Å²) in [6.45, 7) is 0.479. The number of sulfonamides is 1. The maximum absolute atomic E-state index is 13.1. The fraction of sp³-hybridized carbons (Fsp3) is 0.211. The quantitative estimate of drug-likeness (QED) is 0.434. The topological polar surface area (TPSA) is 131 Å². The second-order valence-electron chi connectivity index (χ2n) is 6.38. The predicted molar refractivity (Wildman–Crippen MR) is 110 cm³/mol. The van der Waals surface area contributed by atoms with Crippen molar-refractivity contribution in [2.24, 2.45) is 0 Å². The maximum Gasteiger partial charge on any atom is 0.270 e. The van der Waals surface area contributed by atoms with Crippen LogP contribution in [0.5, 0.6) is 17.2 Å². The lowest BCUT2D eigenvalue weighted by molar-refractivity contribution is 0.370. The molecule has 0 saturated heterocycles. The fourth-order valence-electron chi connectivity index (χ4n) is 3.14. The lowest BCUT2D eigenvalue weighted by Crippen LogP contribution is -2.16. The Morgan fingerprint density at radius 2 is 1.77 bits per heavy atom. The van der Waals surface area contributed by atoms with E-state index < -0.39 is 10.0 Å². The van der Waals surface area contributed by atoms with Crippen LogP contribution in [0, 0.1) is 0 Å². The number of nitrogens with one attached hydrogen (secondary N) is 1. The summed E-state index contributed by atoms with van der Waals surface area (Å²) >= 11 is 0. The largest absolute Gasteiger partial charge is 0.496 e. The number of nitrogens with zero attached hydrogens (tertiary/aromatic N) is 4. The first-order valence-corrected chi connectivity index (χ1v) is 10.5. The molecule has 0 bridgehead atoms. The molecule has 0 saturated carbocycles. The van der Waals surface area contributed by atoms with E-state index in [-0.39, 0.29) is 22.2 Å². The molecule has 31 heavy (non-hydrogen) atoms. The summed E-state index contributed by atoms with van der Waals surface area (Å²) in [6.07, 6.45) is 6.06. The van der Waals surface area contributed by atoms with E-state index >= 15 is 0 Å². The minimum atomic E-state index is -4.17. The molecule has 0 atom stereocenters. The van der Waals surface area contributed by atoms with E-state index in [0.29, 0.717) is 23.3 Å². The van der Waals surface area contributed by atoms with Gasteiger partial charge in [0, 0.05) is 12.4 Å². The lowest BCUT2D eigenvalue weighted by atomic mass is 10.1. The highest BCUT2D eigenvalue weighted by molar-refractivity contribution is 7.93. The van der Waals surface area contributed by atoms with Crippen LogP contribution in [-0.2, 0) is 16.6 Å². The summed E-state index contributed by atoms with van der Waals surface area (Å²) < 4.78 is 51.6. The number of ether oxygens (including phenoxy) is 3. The van der Waals surface area contributed by atoms with Crippen molar-refractivity contribution in [1.29, 1.82) is 0 Å². The summed E-state index contributed by atoms with van der Waals surface area (Å²) in [7, 11) is -0.0128. The second kappa shape index (κ2) is 8.14. The van der Waals surface area contributed by atoms with Crippen LogP contribution in [0.15, 0.2) is 52.4 Å². The van der Waals surface area contributed by atoms with Crippen molar-refractivity contribution in [3.8, 4) is 17.2 Å². The van der Waals surface area contributed by atoms with Gasteiger partial charge < -0.3 is 18.7 Å². The number of fused-ring (bicyclic) bond motifs is 1. The lowest BCUT2D eigenvalue weighted by Gasteiger charge is -2.13. The number of pyridine rings is 1. The highest BCUT2D eigenvalue weighted by atomic mass is 32.2. The Balaban J connectivity index is 1.76. The molecule has 3 heterocycles. The van der Waals surface area contributed by atoms with E-state index in [1.54, 1.807) is 23.0 Å². The monoisotopic (exact) mass is 445 g/mol. The van der Waals surface area contributed by atoms with Crippen LogP contribution in [0.4, 0.5) is 5.82 Å². The van der Waals surface area contributed by atoms with Gasteiger partial charge in [0.15, 0.2) is 27.8 Å². The minimum Gasteiger partial charge on any atom is -0.496 e. The molecule has 0 aliphatic carbocycles. The zero-order chi connectivity index (χ0) is 22.0. The third kappa shape index (κ3) is 3.84. The van der Waals surface area contributed by atoms with E-state index in [1.165, 1.54) is 33.7 Å². The Hall–Kier alpha value is -3.80. The Morgan fingerprint density at radius 1 is 1.06 bits per heavy atom. The van der Waals surface area contributed by atoms with Crippen LogP contribution in [0.1, 0.15) is 5.56 Å². The first-order chi connectivity index (χ1) is 15.0. The van der Waals surface area contributed by atoms with Gasteiger partial charge in [-0.15, -0.1) is 0 Å². The van der Waals surface area contributed by atoms with Crippen LogP contribution in [0.2, 0.25) is 0 Å². The van der Waals surface area contributed by atoms with E-state index in [2.05, 4.69) is 20.0 Å². The highest BCUT2D eigenvalue weighted by Crippen LogP contribution is 2.37. The first kappa shape index (κ1) is 20.5. The minimum absolute atomic E-state index is 0.0214. The Labute approximate surface area is 177 Å². The van der Waals surface area contributed by atoms with Gasteiger partial charge in [0.25, 0.3) is 10.0 Å². The second-order valence-corrected chi connectivity index (χ2v) is 8.00. The molecular formula is C19H19N5O6S. The summed E-state index contributed by atoms with van der Waals surface area (Å²) in [5.41, 5.74) is 1.20. The molecule has 0 radical (unpaired) electrons. The average Bonchev–Trinajstić information content (AvgIpc) is 3.42. The van der Waals surface area contributed by atoms with Gasteiger partial charge in [-0.3, -0.25) is 14.4 Å². The van der Waals surface area contributed by atoms with Gasteiger partial charge in [-0.25, -0.2) is 8.42 Å². The summed E-state index contributed by atoms with van der Waals surface area (Å²) in [6, 6.07) is 5.34. The van der Waals surface area contributed by atoms with Gasteiger partial charge in [-0.1, -0.05) is 5.16 Å². The van der Waals surface area contributed by atoms with Crippen molar-refractivity contribution in [2.75, 3.05) is 26.1 Å². The van der Waals surface area contributed by atoms with Crippen LogP contribution in [0.3, 0.4) is 0 Å². The van der Waals surface area contributed by atoms with Crippen molar-refractivity contribution >= 4 is 26.8 Å². The van der Waals surface area contributed by atoms with Crippen molar-refractivity contribution in [3.63, 3.8) is 0 Å². The third-order valence-electron chi connectivity index (χ3n) is 4.49. The number of benzene rings is 1. The van der Waals surface area contributed by atoms with Crippen molar-refractivity contribution in [3.05, 3.63) is 48.5 Å². The van der Waals surface area contributed by atoms with Gasteiger partial charge in [-0.2, -0.15) is 5.10 Å². The van der Waals surface area contributed by atoms with Gasteiger partial charge in [0.05, 0.1) is 40.3 Å². The molecular weight excluding hydrogens is 426 g/mol. The molecule has 0 unspecified atom stereocenters. The van der Waals surface area contributed by atoms with Crippen LogP contribution in [-0.4, -0.2) is 49.7 Å². The highest BCUT2D eigenvalue weighted by Gasteiger charge is 2.28. The molecule has 11 nitrogen and oxygen atoms in total. The summed E-state index contributed by atoms with van der Waals surface area (Å²) in [5.74, 6) is 0.409. The average molecular weight is 445 g/mol. The van der Waals surface area contributed by atoms with Crippen LogP contribution >= 0.6 is 0 Å². The Kier molecular flexibility index (Phi) is 5.38. The Morgan fingerprint density at radius 3 is 2.39 bits per heavy atom. The molecule has 4 rings (SSSR count). The van der Waals surface area contributed by atoms with E-state index in [1.807, 2.05) is 12.3 Å². The van der Waals surface area contributed by atoms with Crippen LogP contribution < -0.4 is 18.9 Å². The molecule has 0 fully saturated rings. The van der Waals surface area contributed by atoms with Crippen molar-refractivity contribution in [1.82, 2.24) is 19.9 Å². The smallest absolute Gasteiger partial charge is 0.270 e. The molecule has 12 heteroatoms. The molecule has 1 aromatic carbocycles. The molecule has 4 aromatic rings. The number of aromatic nitrogens is 4.